The molecule has 4 N–H and O–H groups in total. The van der Waals surface area contributed by atoms with Gasteiger partial charge in [-0.1, -0.05) is 172 Å². The normalized spacial score (nSPS) is 14.1. The summed E-state index contributed by atoms with van der Waals surface area (Å²) in [5.41, 5.74) is 5.36. The van der Waals surface area contributed by atoms with Crippen molar-refractivity contribution in [3.63, 3.8) is 0 Å². The minimum Gasteiger partial charge on any atom is -0.480 e. The Balaban J connectivity index is 4.20. The molecule has 0 aliphatic carbocycles. The maximum Gasteiger partial charge on any atom is 0.472 e. The van der Waals surface area contributed by atoms with Gasteiger partial charge in [0.15, 0.2) is 0 Å². The van der Waals surface area contributed by atoms with Crippen LogP contribution in [0, 0.1) is 0 Å². The lowest BCUT2D eigenvalue weighted by atomic mass is 10.1. The van der Waals surface area contributed by atoms with Gasteiger partial charge in [-0.15, -0.1) is 0 Å². The number of esters is 1. The average Bonchev–Trinajstić information content (AvgIpc) is 3.20. The zero-order valence-corrected chi connectivity index (χ0v) is 38.0. The second-order valence-electron chi connectivity index (χ2n) is 15.9. The number of allylic oxidation sites excluding steroid dienone is 6. The third-order valence-electron chi connectivity index (χ3n) is 10.1. The minimum absolute atomic E-state index is 0.0123. The summed E-state index contributed by atoms with van der Waals surface area (Å²) in [5, 5.41) is 8.91. The highest BCUT2D eigenvalue weighted by atomic mass is 31.2. The van der Waals surface area contributed by atoms with Crippen LogP contribution >= 0.6 is 7.82 Å². The van der Waals surface area contributed by atoms with E-state index in [-0.39, 0.29) is 13.0 Å². The molecule has 0 radical (unpaired) electrons. The molecule has 0 aliphatic rings. The summed E-state index contributed by atoms with van der Waals surface area (Å²) >= 11 is 0. The quantitative estimate of drug-likeness (QED) is 0.0233. The Morgan fingerprint density at radius 1 is 0.552 bits per heavy atom. The lowest BCUT2D eigenvalue weighted by Gasteiger charge is -2.20. The minimum atomic E-state index is -4.62. The molecule has 0 fully saturated rings. The van der Waals surface area contributed by atoms with Gasteiger partial charge in [0.25, 0.3) is 0 Å². The first kappa shape index (κ1) is 56.2. The number of unbranched alkanes of at least 4 members (excludes halogenated alkanes) is 25. The van der Waals surface area contributed by atoms with Gasteiger partial charge >= 0.3 is 19.8 Å². The zero-order valence-electron chi connectivity index (χ0n) is 37.1. The van der Waals surface area contributed by atoms with E-state index in [1.807, 2.05) is 0 Å². The summed E-state index contributed by atoms with van der Waals surface area (Å²) in [7, 11) is -4.62. The van der Waals surface area contributed by atoms with E-state index in [4.69, 9.17) is 29.4 Å². The number of ether oxygens (including phenoxy) is 2. The van der Waals surface area contributed by atoms with Crippen molar-refractivity contribution < 1.29 is 42.7 Å². The number of carbonyl (C=O) groups excluding carboxylic acids is 1. The number of hydrogen-bond acceptors (Lipinski definition) is 8. The van der Waals surface area contributed by atoms with E-state index in [1.165, 1.54) is 128 Å². The molecule has 0 saturated carbocycles. The maximum atomic E-state index is 12.7. The van der Waals surface area contributed by atoms with Crippen LogP contribution < -0.4 is 5.73 Å². The third kappa shape index (κ3) is 42.3. The summed E-state index contributed by atoms with van der Waals surface area (Å²) in [6.45, 7) is 3.86. The molecule has 0 saturated heterocycles. The molecule has 0 heterocycles. The Hall–Kier alpha value is -1.81. The SMILES string of the molecule is CCCCC/C=C\C/C=C\CCCCCCCCCCOCC(COP(=O)(O)OCC(N)C(=O)O)OC(=O)CCCCCCCCC/C=C\CCCCCCCCC. The number of carboxylic acids is 1. The Morgan fingerprint density at radius 2 is 0.948 bits per heavy atom. The molecule has 0 amide bonds. The molecule has 0 bridgehead atoms. The van der Waals surface area contributed by atoms with Gasteiger partial charge in [0.05, 0.1) is 19.8 Å². The van der Waals surface area contributed by atoms with Crippen LogP contribution in [0.25, 0.3) is 0 Å². The molecule has 0 rings (SSSR count). The van der Waals surface area contributed by atoms with Gasteiger partial charge in [-0.25, -0.2) is 4.57 Å². The number of carbonyl (C=O) groups is 2. The van der Waals surface area contributed by atoms with Crippen LogP contribution in [0.15, 0.2) is 36.5 Å². The first-order valence-electron chi connectivity index (χ1n) is 23.5. The van der Waals surface area contributed by atoms with E-state index in [0.29, 0.717) is 13.0 Å². The van der Waals surface area contributed by atoms with Crippen molar-refractivity contribution in [2.24, 2.45) is 5.73 Å². The van der Waals surface area contributed by atoms with E-state index in [2.05, 4.69) is 50.3 Å². The van der Waals surface area contributed by atoms with E-state index in [1.54, 1.807) is 0 Å². The van der Waals surface area contributed by atoms with Gasteiger partial charge < -0.3 is 25.2 Å². The number of carboxylic acid groups (broad SMARTS) is 1. The second-order valence-corrected chi connectivity index (χ2v) is 17.3. The summed E-state index contributed by atoms with van der Waals surface area (Å²) in [4.78, 5) is 33.6. The maximum absolute atomic E-state index is 12.7. The van der Waals surface area contributed by atoms with E-state index < -0.39 is 45.1 Å². The van der Waals surface area contributed by atoms with E-state index >= 15 is 0 Å². The molecule has 0 aromatic rings. The molecule has 0 aromatic carbocycles. The Bertz CT molecular complexity index is 1070. The summed E-state index contributed by atoms with van der Waals surface area (Å²) in [6.07, 6.45) is 49.0. The molecule has 0 aromatic heterocycles. The fourth-order valence-corrected chi connectivity index (χ4v) is 7.23. The van der Waals surface area contributed by atoms with Crippen molar-refractivity contribution in [3.8, 4) is 0 Å². The van der Waals surface area contributed by atoms with E-state index in [0.717, 1.165) is 57.8 Å². The highest BCUT2D eigenvalue weighted by Crippen LogP contribution is 2.43. The Labute approximate surface area is 355 Å². The number of hydrogen-bond donors (Lipinski definition) is 3. The van der Waals surface area contributed by atoms with Gasteiger partial charge in [0.2, 0.25) is 0 Å². The van der Waals surface area contributed by atoms with Crippen LogP contribution in [0.3, 0.4) is 0 Å². The molecule has 0 spiro atoms. The van der Waals surface area contributed by atoms with E-state index in [9.17, 15) is 19.0 Å². The van der Waals surface area contributed by atoms with Crippen LogP contribution in [-0.2, 0) is 32.7 Å². The van der Waals surface area contributed by atoms with Crippen LogP contribution in [0.2, 0.25) is 0 Å². The van der Waals surface area contributed by atoms with Gasteiger partial charge in [0, 0.05) is 13.0 Å². The number of aliphatic carboxylic acids is 1. The predicted octanol–water partition coefficient (Wildman–Crippen LogP) is 13.3. The second kappa shape index (κ2) is 43.3. The predicted molar refractivity (Wildman–Crippen MR) is 240 cm³/mol. The lowest BCUT2D eigenvalue weighted by Crippen LogP contribution is -2.34. The van der Waals surface area contributed by atoms with Crippen LogP contribution in [0.5, 0.6) is 0 Å². The van der Waals surface area contributed by atoms with Gasteiger partial charge in [-0.2, -0.15) is 0 Å². The largest absolute Gasteiger partial charge is 0.480 e. The van der Waals surface area contributed by atoms with Crippen LogP contribution in [-0.4, -0.2) is 60.5 Å². The molecule has 58 heavy (non-hydrogen) atoms. The Morgan fingerprint density at radius 3 is 1.45 bits per heavy atom. The topological polar surface area (TPSA) is 155 Å². The van der Waals surface area contributed by atoms with Crippen LogP contribution in [0.1, 0.15) is 213 Å². The number of phosphoric ester groups is 1. The molecule has 3 atom stereocenters. The summed E-state index contributed by atoms with van der Waals surface area (Å²) in [6, 6.07) is -1.47. The van der Waals surface area contributed by atoms with Crippen molar-refractivity contribution in [1.82, 2.24) is 0 Å². The molecular weight excluding hydrogens is 753 g/mol. The molecule has 10 nitrogen and oxygen atoms in total. The van der Waals surface area contributed by atoms with Crippen molar-refractivity contribution in [1.29, 1.82) is 0 Å². The van der Waals surface area contributed by atoms with Gasteiger partial charge in [-0.05, 0) is 70.6 Å². The van der Waals surface area contributed by atoms with Crippen molar-refractivity contribution in [2.75, 3.05) is 26.4 Å². The fraction of sp³-hybridized carbons (Fsp3) is 0.830. The lowest BCUT2D eigenvalue weighted by molar-refractivity contribution is -0.154. The van der Waals surface area contributed by atoms with Crippen LogP contribution in [0.4, 0.5) is 0 Å². The molecule has 0 aliphatic heterocycles. The van der Waals surface area contributed by atoms with Crippen molar-refractivity contribution in [3.05, 3.63) is 36.5 Å². The smallest absolute Gasteiger partial charge is 0.472 e. The molecule has 3 unspecified atom stereocenters. The molecular formula is C47H88NO9P. The van der Waals surface area contributed by atoms with Gasteiger partial charge in [-0.3, -0.25) is 18.6 Å². The average molecular weight is 842 g/mol. The zero-order chi connectivity index (χ0) is 42.6. The number of rotatable bonds is 45. The summed E-state index contributed by atoms with van der Waals surface area (Å²) in [5.74, 6) is -1.78. The fourth-order valence-electron chi connectivity index (χ4n) is 6.45. The first-order valence-corrected chi connectivity index (χ1v) is 25.0. The third-order valence-corrected chi connectivity index (χ3v) is 11.1. The highest BCUT2D eigenvalue weighted by Gasteiger charge is 2.27. The number of phosphoric acid groups is 1. The Kier molecular flexibility index (Phi) is 41.9. The summed E-state index contributed by atoms with van der Waals surface area (Å²) < 4.78 is 33.4. The monoisotopic (exact) mass is 842 g/mol. The first-order chi connectivity index (χ1) is 28.2. The van der Waals surface area contributed by atoms with Crippen molar-refractivity contribution in [2.45, 2.75) is 225 Å². The molecule has 340 valence electrons. The number of nitrogens with two attached hydrogens (primary N) is 1. The van der Waals surface area contributed by atoms with Crippen molar-refractivity contribution >= 4 is 19.8 Å². The highest BCUT2D eigenvalue weighted by molar-refractivity contribution is 7.47. The molecule has 11 heteroatoms. The standard InChI is InChI=1S/C47H88NO9P/c1-3-5-7-9-11-13-15-17-19-21-23-25-27-29-31-33-35-37-39-46(49)57-44(42-55-58(52,53)56-43-45(48)47(50)51)41-54-40-38-36-34-32-30-28-26-24-22-20-18-16-14-12-10-8-6-4-2/h12,14,18-21,44-45H,3-11,13,15-17,22-43,48H2,1-2H3,(H,50,51)(H,52,53)/b14-12-,20-18-,21-19-. The van der Waals surface area contributed by atoms with Gasteiger partial charge in [0.1, 0.15) is 12.1 Å².